The average Bonchev–Trinajstić information content (AvgIpc) is 3.37. The first-order chi connectivity index (χ1) is 18.4. The number of halogens is 2. The summed E-state index contributed by atoms with van der Waals surface area (Å²) in [6, 6.07) is 20.3. The lowest BCUT2D eigenvalue weighted by Crippen LogP contribution is -2.32. The number of ether oxygens (including phenoxy) is 2. The van der Waals surface area contributed by atoms with E-state index in [2.05, 4.69) is 9.97 Å². The van der Waals surface area contributed by atoms with Crippen LogP contribution in [0.25, 0.3) is 32.5 Å². The summed E-state index contributed by atoms with van der Waals surface area (Å²) in [5.74, 6) is 0.244. The van der Waals surface area contributed by atoms with E-state index in [-0.39, 0.29) is 18.8 Å². The van der Waals surface area contributed by atoms with E-state index < -0.39 is 12.0 Å². The first-order valence-corrected chi connectivity index (χ1v) is 13.0. The van der Waals surface area contributed by atoms with E-state index in [1.165, 1.54) is 17.7 Å². The molecule has 39 heavy (non-hydrogen) atoms. The highest BCUT2D eigenvalue weighted by molar-refractivity contribution is 7.18. The maximum atomic E-state index is 11.1. The molecule has 7 nitrogen and oxygen atoms in total. The number of aliphatic carboxylic acids is 1. The van der Waals surface area contributed by atoms with Gasteiger partial charge in [-0.15, -0.1) is 23.7 Å². The predicted molar refractivity (Wildman–Crippen MR) is 157 cm³/mol. The molecule has 0 unspecified atom stereocenters. The number of hydrogen-bond acceptors (Lipinski definition) is 7. The fraction of sp³-hybridized carbons (Fsp3) is 0.138. The van der Waals surface area contributed by atoms with Crippen LogP contribution in [0.2, 0.25) is 5.02 Å². The van der Waals surface area contributed by atoms with Gasteiger partial charge in [0.15, 0.2) is 0 Å². The Morgan fingerprint density at radius 3 is 2.59 bits per heavy atom. The fourth-order valence-electron chi connectivity index (χ4n) is 4.18. The van der Waals surface area contributed by atoms with E-state index >= 15 is 0 Å². The molecule has 10 heteroatoms. The van der Waals surface area contributed by atoms with E-state index in [0.717, 1.165) is 49.3 Å². The number of carboxylic acid groups (broad SMARTS) is 1. The van der Waals surface area contributed by atoms with Gasteiger partial charge < -0.3 is 20.3 Å². The average molecular weight is 583 g/mol. The first kappa shape index (κ1) is 28.3. The van der Waals surface area contributed by atoms with E-state index in [1.54, 1.807) is 7.11 Å². The van der Waals surface area contributed by atoms with Crippen molar-refractivity contribution in [3.8, 4) is 33.9 Å². The number of carboxylic acids is 1. The van der Waals surface area contributed by atoms with Crippen LogP contribution in [0.1, 0.15) is 11.1 Å². The Kier molecular flexibility index (Phi) is 9.04. The van der Waals surface area contributed by atoms with Crippen LogP contribution in [-0.2, 0) is 17.8 Å². The standard InChI is InChI=1S/C29H24ClN3O4S.ClH/c1-36-22-4-2-3-19(12-22)23-13-21(30)10-9-20(23)14-37-28-27-26(32-16-33-28)24(15-38-27)18-7-5-17(6-8-18)11-25(31)29(34)35;/h2-10,12-13,15-16,25H,11,14,31H2,1H3,(H,34,35);1H/t25-;/m0./s1. The van der Waals surface area contributed by atoms with Crippen LogP contribution in [0.4, 0.5) is 0 Å². The van der Waals surface area contributed by atoms with Crippen molar-refractivity contribution in [2.45, 2.75) is 19.1 Å². The molecule has 0 aliphatic rings. The lowest BCUT2D eigenvalue weighted by Gasteiger charge is -2.13. The van der Waals surface area contributed by atoms with Gasteiger partial charge in [0.2, 0.25) is 5.88 Å². The molecule has 2 heterocycles. The van der Waals surface area contributed by atoms with Crippen molar-refractivity contribution in [3.63, 3.8) is 0 Å². The van der Waals surface area contributed by atoms with Gasteiger partial charge in [0, 0.05) is 16.0 Å². The number of aromatic nitrogens is 2. The minimum atomic E-state index is -1.02. The Morgan fingerprint density at radius 2 is 1.85 bits per heavy atom. The summed E-state index contributed by atoms with van der Waals surface area (Å²) in [5.41, 5.74) is 12.1. The van der Waals surface area contributed by atoms with Gasteiger partial charge in [-0.2, -0.15) is 0 Å². The second-order valence-electron chi connectivity index (χ2n) is 8.67. The number of nitrogens with zero attached hydrogens (tertiary/aromatic N) is 2. The van der Waals surface area contributed by atoms with Crippen LogP contribution in [0, 0.1) is 0 Å². The molecule has 5 rings (SSSR count). The SMILES string of the molecule is COc1cccc(-c2cc(Cl)ccc2COc2ncnc3c(-c4ccc(C[C@H](N)C(=O)O)cc4)csc23)c1.Cl. The van der Waals surface area contributed by atoms with Crippen molar-refractivity contribution in [3.05, 3.63) is 94.6 Å². The summed E-state index contributed by atoms with van der Waals surface area (Å²) in [7, 11) is 1.64. The smallest absolute Gasteiger partial charge is 0.320 e. The molecule has 0 aliphatic carbocycles. The third kappa shape index (κ3) is 6.32. The molecule has 0 fully saturated rings. The zero-order chi connectivity index (χ0) is 26.6. The van der Waals surface area contributed by atoms with Crippen molar-refractivity contribution < 1.29 is 19.4 Å². The summed E-state index contributed by atoms with van der Waals surface area (Å²) in [4.78, 5) is 20.0. The minimum Gasteiger partial charge on any atom is -0.497 e. The van der Waals surface area contributed by atoms with E-state index in [4.69, 9.17) is 31.9 Å². The van der Waals surface area contributed by atoms with Gasteiger partial charge in [-0.05, 0) is 58.5 Å². The van der Waals surface area contributed by atoms with Crippen molar-refractivity contribution in [2.24, 2.45) is 5.73 Å². The van der Waals surface area contributed by atoms with Crippen LogP contribution in [0.5, 0.6) is 11.6 Å². The number of hydrogen-bond donors (Lipinski definition) is 2. The van der Waals surface area contributed by atoms with Gasteiger partial charge in [-0.25, -0.2) is 9.97 Å². The lowest BCUT2D eigenvalue weighted by atomic mass is 10.00. The van der Waals surface area contributed by atoms with E-state index in [1.807, 2.05) is 72.1 Å². The molecule has 3 aromatic carbocycles. The second-order valence-corrected chi connectivity index (χ2v) is 9.99. The summed E-state index contributed by atoms with van der Waals surface area (Å²) in [5, 5.41) is 11.7. The number of carbonyl (C=O) groups is 1. The number of fused-ring (bicyclic) bond motifs is 1. The van der Waals surface area contributed by atoms with Crippen LogP contribution in [-0.4, -0.2) is 34.2 Å². The van der Waals surface area contributed by atoms with Crippen molar-refractivity contribution >= 4 is 51.5 Å². The Bertz CT molecular complexity index is 1610. The number of rotatable bonds is 9. The van der Waals surface area contributed by atoms with E-state index in [9.17, 15) is 4.79 Å². The van der Waals surface area contributed by atoms with Gasteiger partial charge in [0.05, 0.1) is 12.6 Å². The van der Waals surface area contributed by atoms with E-state index in [0.29, 0.717) is 17.5 Å². The number of nitrogens with two attached hydrogens (primary N) is 1. The molecular formula is C29H25Cl2N3O4S. The summed E-state index contributed by atoms with van der Waals surface area (Å²) < 4.78 is 12.4. The predicted octanol–water partition coefficient (Wildman–Crippen LogP) is 6.64. The number of thiophene rings is 1. The first-order valence-electron chi connectivity index (χ1n) is 11.8. The maximum Gasteiger partial charge on any atom is 0.320 e. The van der Waals surface area contributed by atoms with Crippen LogP contribution in [0.3, 0.4) is 0 Å². The molecule has 0 bridgehead atoms. The highest BCUT2D eigenvalue weighted by atomic mass is 35.5. The molecule has 0 saturated heterocycles. The molecule has 3 N–H and O–H groups in total. The van der Waals surface area contributed by atoms with Gasteiger partial charge in [0.25, 0.3) is 0 Å². The largest absolute Gasteiger partial charge is 0.497 e. The summed E-state index contributed by atoms with van der Waals surface area (Å²) in [6.45, 7) is 0.293. The maximum absolute atomic E-state index is 11.1. The zero-order valence-electron chi connectivity index (χ0n) is 20.8. The summed E-state index contributed by atoms with van der Waals surface area (Å²) >= 11 is 7.83. The molecule has 0 radical (unpaired) electrons. The highest BCUT2D eigenvalue weighted by Crippen LogP contribution is 2.37. The molecule has 0 saturated carbocycles. The Morgan fingerprint density at radius 1 is 1.05 bits per heavy atom. The monoisotopic (exact) mass is 581 g/mol. The van der Waals surface area contributed by atoms with Crippen LogP contribution < -0.4 is 15.2 Å². The van der Waals surface area contributed by atoms with Crippen LogP contribution >= 0.6 is 35.3 Å². The third-order valence-corrected chi connectivity index (χ3v) is 7.37. The molecule has 200 valence electrons. The second kappa shape index (κ2) is 12.4. The molecule has 5 aromatic rings. The van der Waals surface area contributed by atoms with Crippen molar-refractivity contribution in [2.75, 3.05) is 7.11 Å². The minimum absolute atomic E-state index is 0. The fourth-order valence-corrected chi connectivity index (χ4v) is 5.32. The molecule has 0 amide bonds. The Balaban J connectivity index is 0.00000353. The van der Waals surface area contributed by atoms with Crippen molar-refractivity contribution in [1.29, 1.82) is 0 Å². The molecule has 0 spiro atoms. The molecular weight excluding hydrogens is 557 g/mol. The molecule has 0 aliphatic heterocycles. The Hall–Kier alpha value is -3.69. The van der Waals surface area contributed by atoms with Gasteiger partial charge >= 0.3 is 5.97 Å². The summed E-state index contributed by atoms with van der Waals surface area (Å²) in [6.07, 6.45) is 1.77. The topological polar surface area (TPSA) is 108 Å². The third-order valence-electron chi connectivity index (χ3n) is 6.18. The van der Waals surface area contributed by atoms with Gasteiger partial charge in [-0.1, -0.05) is 54.1 Å². The molecule has 2 aromatic heterocycles. The quantitative estimate of drug-likeness (QED) is 0.201. The molecule has 1 atom stereocenters. The van der Waals surface area contributed by atoms with Gasteiger partial charge in [0.1, 0.15) is 29.4 Å². The Labute approximate surface area is 240 Å². The number of methoxy groups -OCH3 is 1. The van der Waals surface area contributed by atoms with Gasteiger partial charge in [-0.3, -0.25) is 4.79 Å². The lowest BCUT2D eigenvalue weighted by molar-refractivity contribution is -0.138. The zero-order valence-corrected chi connectivity index (χ0v) is 23.2. The normalized spacial score (nSPS) is 11.6. The number of benzene rings is 3. The highest BCUT2D eigenvalue weighted by Gasteiger charge is 2.16. The van der Waals surface area contributed by atoms with Crippen LogP contribution in [0.15, 0.2) is 78.4 Å². The van der Waals surface area contributed by atoms with Crippen molar-refractivity contribution in [1.82, 2.24) is 9.97 Å².